The minimum Gasteiger partial charge on any atom is -0.452 e. The molecule has 0 saturated carbocycles. The van der Waals surface area contributed by atoms with E-state index >= 15 is 0 Å². The van der Waals surface area contributed by atoms with E-state index in [1.165, 1.54) is 4.90 Å². The smallest absolute Gasteiger partial charge is 0.338 e. The minimum absolute atomic E-state index is 0.0756. The predicted octanol–water partition coefficient (Wildman–Crippen LogP) is 2.64. The molecule has 156 valence electrons. The van der Waals surface area contributed by atoms with Gasteiger partial charge in [-0.05, 0) is 32.0 Å². The second kappa shape index (κ2) is 9.69. The average Bonchev–Trinajstić information content (AvgIpc) is 3.19. The highest BCUT2D eigenvalue weighted by Crippen LogP contribution is 2.29. The maximum absolute atomic E-state index is 12.5. The molecule has 0 bridgehead atoms. The van der Waals surface area contributed by atoms with Gasteiger partial charge in [-0.1, -0.05) is 35.5 Å². The molecule has 0 spiro atoms. The molecule has 30 heavy (non-hydrogen) atoms. The molecule has 3 rings (SSSR count). The lowest BCUT2D eigenvalue weighted by Crippen LogP contribution is -2.42. The van der Waals surface area contributed by atoms with Gasteiger partial charge in [-0.3, -0.25) is 9.59 Å². The van der Waals surface area contributed by atoms with Gasteiger partial charge in [0.2, 0.25) is 5.91 Å². The summed E-state index contributed by atoms with van der Waals surface area (Å²) in [4.78, 5) is 37.8. The van der Waals surface area contributed by atoms with Crippen LogP contribution < -0.4 is 5.32 Å². The van der Waals surface area contributed by atoms with Crippen LogP contribution in [0.15, 0.2) is 53.1 Å². The molecule has 0 fully saturated rings. The fourth-order valence-corrected chi connectivity index (χ4v) is 2.97. The van der Waals surface area contributed by atoms with Crippen LogP contribution in [0.3, 0.4) is 0 Å². The van der Waals surface area contributed by atoms with Gasteiger partial charge in [-0.15, -0.1) is 0 Å². The van der Waals surface area contributed by atoms with Crippen molar-refractivity contribution < 1.29 is 23.6 Å². The Morgan fingerprint density at radius 3 is 2.57 bits per heavy atom. The molecule has 0 radical (unpaired) electrons. The molecule has 2 amide bonds. The van der Waals surface area contributed by atoms with Gasteiger partial charge in [0, 0.05) is 18.7 Å². The van der Waals surface area contributed by atoms with E-state index in [4.69, 9.17) is 9.26 Å². The number of hydrogen-bond acceptors (Lipinski definition) is 6. The highest BCUT2D eigenvalue weighted by Gasteiger charge is 2.19. The molecule has 0 unspecified atom stereocenters. The molecule has 0 saturated heterocycles. The van der Waals surface area contributed by atoms with Crippen LogP contribution in [0.2, 0.25) is 0 Å². The Balaban J connectivity index is 1.69. The molecule has 1 aromatic heterocycles. The lowest BCUT2D eigenvalue weighted by molar-refractivity contribution is -0.138. The summed E-state index contributed by atoms with van der Waals surface area (Å²) in [5.41, 5.74) is 1.73. The monoisotopic (exact) mass is 409 g/mol. The van der Waals surface area contributed by atoms with Gasteiger partial charge < -0.3 is 19.5 Å². The molecule has 0 aliphatic carbocycles. The van der Waals surface area contributed by atoms with Crippen molar-refractivity contribution in [3.8, 4) is 11.3 Å². The Hall–Kier alpha value is -3.68. The number of ether oxygens (including phenoxy) is 1. The first-order valence-electron chi connectivity index (χ1n) is 9.70. The Morgan fingerprint density at radius 2 is 1.87 bits per heavy atom. The maximum atomic E-state index is 12.5. The summed E-state index contributed by atoms with van der Waals surface area (Å²) in [5, 5.41) is 7.33. The van der Waals surface area contributed by atoms with Crippen LogP contribution >= 0.6 is 0 Å². The minimum atomic E-state index is -0.639. The lowest BCUT2D eigenvalue weighted by atomic mass is 10.1. The van der Waals surface area contributed by atoms with Crippen molar-refractivity contribution >= 4 is 28.7 Å². The number of benzene rings is 2. The molecule has 3 aromatic rings. The molecular weight excluding hydrogens is 386 g/mol. The SMILES string of the molecule is CCNC(=O)CN(CC)C(=O)COC(=O)c1ccc2noc(-c3ccccc3)c2c1. The summed E-state index contributed by atoms with van der Waals surface area (Å²) >= 11 is 0. The maximum Gasteiger partial charge on any atom is 0.338 e. The van der Waals surface area contributed by atoms with E-state index in [-0.39, 0.29) is 18.0 Å². The van der Waals surface area contributed by atoms with Crippen molar-refractivity contribution in [3.63, 3.8) is 0 Å². The van der Waals surface area contributed by atoms with Crippen molar-refractivity contribution in [3.05, 3.63) is 54.1 Å². The van der Waals surface area contributed by atoms with Gasteiger partial charge in [-0.25, -0.2) is 4.79 Å². The molecule has 2 aromatic carbocycles. The predicted molar refractivity (Wildman–Crippen MR) is 111 cm³/mol. The number of fused-ring (bicyclic) bond motifs is 1. The Bertz CT molecular complexity index is 1050. The molecule has 1 N–H and O–H groups in total. The Morgan fingerprint density at radius 1 is 1.10 bits per heavy atom. The fraction of sp³-hybridized carbons (Fsp3) is 0.273. The number of aromatic nitrogens is 1. The number of amides is 2. The first-order valence-corrected chi connectivity index (χ1v) is 9.70. The van der Waals surface area contributed by atoms with E-state index in [1.54, 1.807) is 32.0 Å². The standard InChI is InChI=1S/C22H23N3O5/c1-3-23-19(26)13-25(4-2)20(27)14-29-22(28)16-10-11-18-17(12-16)21(30-24-18)15-8-6-5-7-9-15/h5-12H,3-4,13-14H2,1-2H3,(H,23,26). The van der Waals surface area contributed by atoms with Crippen molar-refractivity contribution in [1.82, 2.24) is 15.4 Å². The summed E-state index contributed by atoms with van der Waals surface area (Å²) in [6.45, 7) is 3.85. The molecule has 1 heterocycles. The zero-order valence-electron chi connectivity index (χ0n) is 16.9. The van der Waals surface area contributed by atoms with Gasteiger partial charge in [0.05, 0.1) is 17.5 Å². The summed E-state index contributed by atoms with van der Waals surface area (Å²) in [7, 11) is 0. The van der Waals surface area contributed by atoms with Gasteiger partial charge in [0.1, 0.15) is 5.52 Å². The van der Waals surface area contributed by atoms with E-state index in [0.29, 0.717) is 29.8 Å². The quantitative estimate of drug-likeness (QED) is 0.574. The third-order valence-electron chi connectivity index (χ3n) is 4.52. The summed E-state index contributed by atoms with van der Waals surface area (Å²) < 4.78 is 10.6. The number of nitrogens with one attached hydrogen (secondary N) is 1. The topological polar surface area (TPSA) is 102 Å². The number of nitrogens with zero attached hydrogens (tertiary/aromatic N) is 2. The molecular formula is C22H23N3O5. The normalized spacial score (nSPS) is 10.6. The van der Waals surface area contributed by atoms with E-state index in [2.05, 4.69) is 10.5 Å². The third kappa shape index (κ3) is 4.83. The van der Waals surface area contributed by atoms with Gasteiger partial charge in [0.25, 0.3) is 5.91 Å². The average molecular weight is 409 g/mol. The first-order chi connectivity index (χ1) is 14.5. The van der Waals surface area contributed by atoms with Gasteiger partial charge in [-0.2, -0.15) is 0 Å². The number of esters is 1. The van der Waals surface area contributed by atoms with Crippen LogP contribution in [-0.4, -0.2) is 54.1 Å². The van der Waals surface area contributed by atoms with Crippen molar-refractivity contribution in [1.29, 1.82) is 0 Å². The van der Waals surface area contributed by atoms with E-state index in [0.717, 1.165) is 5.56 Å². The fourth-order valence-electron chi connectivity index (χ4n) is 2.97. The second-order valence-corrected chi connectivity index (χ2v) is 6.55. The van der Waals surface area contributed by atoms with E-state index < -0.39 is 18.5 Å². The van der Waals surface area contributed by atoms with Crippen LogP contribution in [-0.2, 0) is 14.3 Å². The van der Waals surface area contributed by atoms with Crippen LogP contribution in [0, 0.1) is 0 Å². The summed E-state index contributed by atoms with van der Waals surface area (Å²) in [6, 6.07) is 14.3. The second-order valence-electron chi connectivity index (χ2n) is 6.55. The van der Waals surface area contributed by atoms with Crippen molar-refractivity contribution in [2.24, 2.45) is 0 Å². The van der Waals surface area contributed by atoms with Crippen LogP contribution in [0.4, 0.5) is 0 Å². The van der Waals surface area contributed by atoms with Crippen LogP contribution in [0.25, 0.3) is 22.2 Å². The van der Waals surface area contributed by atoms with Gasteiger partial charge in [0.15, 0.2) is 12.4 Å². The first kappa shape index (κ1) is 21.0. The van der Waals surface area contributed by atoms with Crippen molar-refractivity contribution in [2.75, 3.05) is 26.2 Å². The zero-order valence-corrected chi connectivity index (χ0v) is 16.9. The largest absolute Gasteiger partial charge is 0.452 e. The molecule has 8 nitrogen and oxygen atoms in total. The van der Waals surface area contributed by atoms with Crippen molar-refractivity contribution in [2.45, 2.75) is 13.8 Å². The molecule has 0 aliphatic rings. The summed E-state index contributed by atoms with van der Waals surface area (Å²) in [6.07, 6.45) is 0. The number of carbonyl (C=O) groups is 3. The number of likely N-dealkylation sites (N-methyl/N-ethyl adjacent to an activating group) is 2. The third-order valence-corrected chi connectivity index (χ3v) is 4.52. The van der Waals surface area contributed by atoms with E-state index in [9.17, 15) is 14.4 Å². The number of hydrogen-bond donors (Lipinski definition) is 1. The highest BCUT2D eigenvalue weighted by atomic mass is 16.5. The van der Waals surface area contributed by atoms with E-state index in [1.807, 2.05) is 30.3 Å². The zero-order chi connectivity index (χ0) is 21.5. The molecule has 8 heteroatoms. The Labute approximate surface area is 173 Å². The van der Waals surface area contributed by atoms with Crippen LogP contribution in [0.1, 0.15) is 24.2 Å². The lowest BCUT2D eigenvalue weighted by Gasteiger charge is -2.20. The number of carbonyl (C=O) groups excluding carboxylic acids is 3. The van der Waals surface area contributed by atoms with Crippen LogP contribution in [0.5, 0.6) is 0 Å². The highest BCUT2D eigenvalue weighted by molar-refractivity contribution is 5.99. The molecule has 0 aliphatic heterocycles. The summed E-state index contributed by atoms with van der Waals surface area (Å²) in [5.74, 6) is -0.784. The Kier molecular flexibility index (Phi) is 6.79. The van der Waals surface area contributed by atoms with Gasteiger partial charge >= 0.3 is 5.97 Å². The number of rotatable bonds is 8. The molecule has 0 atom stereocenters.